The van der Waals surface area contributed by atoms with Gasteiger partial charge in [0, 0.05) is 17.4 Å². The summed E-state index contributed by atoms with van der Waals surface area (Å²) in [6.07, 6.45) is 17.4. The summed E-state index contributed by atoms with van der Waals surface area (Å²) >= 11 is 0. The Kier molecular flexibility index (Phi) is 8.41. The molecule has 2 rings (SSSR count). The van der Waals surface area contributed by atoms with Crippen LogP contribution in [0, 0.1) is 10.8 Å². The summed E-state index contributed by atoms with van der Waals surface area (Å²) in [6, 6.07) is 0. The van der Waals surface area contributed by atoms with E-state index in [0.29, 0.717) is 24.7 Å². The monoisotopic (exact) mass is 437 g/mol. The molecular formula is C25H35N5O2. The summed E-state index contributed by atoms with van der Waals surface area (Å²) in [5.74, 6) is 1.04. The maximum atomic E-state index is 10.2. The van der Waals surface area contributed by atoms with Crippen molar-refractivity contribution in [2.45, 2.75) is 47.0 Å². The van der Waals surface area contributed by atoms with E-state index in [4.69, 9.17) is 5.73 Å². The van der Waals surface area contributed by atoms with Gasteiger partial charge in [0.25, 0.3) is 0 Å². The fraction of sp³-hybridized carbons (Fsp3) is 0.400. The zero-order chi connectivity index (χ0) is 23.8. The van der Waals surface area contributed by atoms with Crippen molar-refractivity contribution in [3.8, 4) is 0 Å². The smallest absolute Gasteiger partial charge is 0.227 e. The number of hydrogen-bond donors (Lipinski definition) is 4. The zero-order valence-corrected chi connectivity index (χ0v) is 19.5. The summed E-state index contributed by atoms with van der Waals surface area (Å²) < 4.78 is 0. The molecule has 2 unspecified atom stereocenters. The van der Waals surface area contributed by atoms with Crippen molar-refractivity contribution in [3.05, 3.63) is 78.1 Å². The van der Waals surface area contributed by atoms with Crippen LogP contribution in [0.3, 0.4) is 0 Å². The van der Waals surface area contributed by atoms with Crippen LogP contribution in [-0.2, 0) is 0 Å². The van der Waals surface area contributed by atoms with E-state index in [9.17, 15) is 10.2 Å². The number of nitrogens with one attached hydrogen (secondary N) is 1. The number of nitrogen functional groups attached to an aromatic ring is 1. The molecule has 0 saturated carbocycles. The van der Waals surface area contributed by atoms with Crippen LogP contribution in [0.5, 0.6) is 0 Å². The maximum Gasteiger partial charge on any atom is 0.227 e. The molecule has 32 heavy (non-hydrogen) atoms. The molecule has 7 heteroatoms. The number of aliphatic hydroxyl groups is 2. The van der Waals surface area contributed by atoms with Gasteiger partial charge >= 0.3 is 0 Å². The SMILES string of the molecule is C=C(C/C=C\C(C)(/C=C(\C)O)CNc1ncnc(N)n1)CC1(C)C=CC(CC)=CC(O)=C1. The van der Waals surface area contributed by atoms with Crippen LogP contribution in [0.4, 0.5) is 11.9 Å². The molecule has 0 saturated heterocycles. The van der Waals surface area contributed by atoms with E-state index >= 15 is 0 Å². The number of nitrogens with two attached hydrogens (primary N) is 1. The van der Waals surface area contributed by atoms with E-state index in [-0.39, 0.29) is 17.1 Å². The van der Waals surface area contributed by atoms with E-state index in [1.807, 2.05) is 31.2 Å². The highest BCUT2D eigenvalue weighted by atomic mass is 16.3. The molecule has 5 N–H and O–H groups in total. The zero-order valence-electron chi connectivity index (χ0n) is 19.5. The molecule has 0 amide bonds. The van der Waals surface area contributed by atoms with Gasteiger partial charge in [-0.05, 0) is 50.0 Å². The highest BCUT2D eigenvalue weighted by molar-refractivity contribution is 5.35. The van der Waals surface area contributed by atoms with E-state index in [2.05, 4.69) is 52.8 Å². The molecule has 0 radical (unpaired) electrons. The van der Waals surface area contributed by atoms with Crippen LogP contribution >= 0.6 is 0 Å². The van der Waals surface area contributed by atoms with Crippen LogP contribution in [0.1, 0.15) is 47.0 Å². The number of hydrogen-bond acceptors (Lipinski definition) is 7. The van der Waals surface area contributed by atoms with Crippen LogP contribution in [0.25, 0.3) is 0 Å². The van der Waals surface area contributed by atoms with Gasteiger partial charge in [0.05, 0.1) is 5.76 Å². The van der Waals surface area contributed by atoms with Crippen molar-refractivity contribution < 1.29 is 10.2 Å². The standard InChI is InChI=1S/C25H35N5O2/c1-6-20-9-11-24(4,15-21(32)12-20)13-18(2)8-7-10-25(5,14-19(3)31)16-27-23-29-17-28-22(26)30-23/h7,9-12,14-15,17,31-32H,2,6,8,13,16H2,1,3-5H3,(H3,26,27,28,29,30)/b10-7-,19-14+. The number of rotatable bonds is 10. The highest BCUT2D eigenvalue weighted by Crippen LogP contribution is 2.34. The molecule has 1 aliphatic rings. The predicted molar refractivity (Wildman–Crippen MR) is 131 cm³/mol. The molecule has 1 aromatic heterocycles. The first-order valence-corrected chi connectivity index (χ1v) is 10.8. The fourth-order valence-electron chi connectivity index (χ4n) is 3.70. The highest BCUT2D eigenvalue weighted by Gasteiger charge is 2.22. The second-order valence-corrected chi connectivity index (χ2v) is 8.83. The summed E-state index contributed by atoms with van der Waals surface area (Å²) in [5.41, 5.74) is 6.97. The fourth-order valence-corrected chi connectivity index (χ4v) is 3.70. The van der Waals surface area contributed by atoms with E-state index in [1.54, 1.807) is 13.0 Å². The number of aliphatic hydroxyl groups excluding tert-OH is 2. The van der Waals surface area contributed by atoms with E-state index in [1.165, 1.54) is 6.33 Å². The van der Waals surface area contributed by atoms with Crippen molar-refractivity contribution >= 4 is 11.9 Å². The molecule has 1 aromatic rings. The summed E-state index contributed by atoms with van der Waals surface area (Å²) in [4.78, 5) is 11.9. The molecule has 1 aliphatic carbocycles. The molecule has 2 atom stereocenters. The van der Waals surface area contributed by atoms with E-state index < -0.39 is 5.41 Å². The Labute approximate surface area is 190 Å². The molecular weight excluding hydrogens is 402 g/mol. The second kappa shape index (κ2) is 10.8. The van der Waals surface area contributed by atoms with Gasteiger partial charge in [-0.3, -0.25) is 0 Å². The van der Waals surface area contributed by atoms with E-state index in [0.717, 1.165) is 24.0 Å². The first-order chi connectivity index (χ1) is 15.0. The molecule has 0 fully saturated rings. The molecule has 1 heterocycles. The Balaban J connectivity index is 2.04. The minimum Gasteiger partial charge on any atom is -0.513 e. The van der Waals surface area contributed by atoms with Gasteiger partial charge in [0.1, 0.15) is 12.1 Å². The van der Waals surface area contributed by atoms with Crippen molar-refractivity contribution in [2.75, 3.05) is 17.6 Å². The average molecular weight is 438 g/mol. The molecule has 7 nitrogen and oxygen atoms in total. The molecule has 0 bridgehead atoms. The largest absolute Gasteiger partial charge is 0.513 e. The molecule has 0 aromatic carbocycles. The molecule has 0 spiro atoms. The average Bonchev–Trinajstić information content (AvgIpc) is 2.83. The lowest BCUT2D eigenvalue weighted by Crippen LogP contribution is -2.24. The lowest BCUT2D eigenvalue weighted by atomic mass is 9.82. The lowest BCUT2D eigenvalue weighted by Gasteiger charge is -2.24. The summed E-state index contributed by atoms with van der Waals surface area (Å²) in [5, 5.41) is 23.2. The third-order valence-corrected chi connectivity index (χ3v) is 5.19. The lowest BCUT2D eigenvalue weighted by molar-refractivity contribution is 0.398. The van der Waals surface area contributed by atoms with Gasteiger partial charge in [-0.15, -0.1) is 0 Å². The topological polar surface area (TPSA) is 117 Å². The Hall–Kier alpha value is -3.35. The van der Waals surface area contributed by atoms with Crippen molar-refractivity contribution in [1.29, 1.82) is 0 Å². The van der Waals surface area contributed by atoms with Crippen LogP contribution in [0.2, 0.25) is 0 Å². The maximum absolute atomic E-state index is 10.2. The predicted octanol–water partition coefficient (Wildman–Crippen LogP) is 5.58. The van der Waals surface area contributed by atoms with Gasteiger partial charge in [-0.1, -0.05) is 57.2 Å². The Bertz CT molecular complexity index is 972. The van der Waals surface area contributed by atoms with Crippen molar-refractivity contribution in [2.24, 2.45) is 10.8 Å². The van der Waals surface area contributed by atoms with Crippen molar-refractivity contribution in [1.82, 2.24) is 15.0 Å². The van der Waals surface area contributed by atoms with Gasteiger partial charge in [-0.25, -0.2) is 9.97 Å². The first-order valence-electron chi connectivity index (χ1n) is 10.8. The Morgan fingerprint density at radius 3 is 2.78 bits per heavy atom. The second-order valence-electron chi connectivity index (χ2n) is 8.83. The van der Waals surface area contributed by atoms with Crippen LogP contribution < -0.4 is 11.1 Å². The quantitative estimate of drug-likeness (QED) is 0.279. The number of allylic oxidation sites excluding steroid dienone is 8. The molecule has 172 valence electrons. The van der Waals surface area contributed by atoms with Crippen LogP contribution in [0.15, 0.2) is 78.1 Å². The van der Waals surface area contributed by atoms with Crippen molar-refractivity contribution in [3.63, 3.8) is 0 Å². The first kappa shape index (κ1) is 24.9. The third kappa shape index (κ3) is 8.06. The Morgan fingerprint density at radius 1 is 1.38 bits per heavy atom. The number of aromatic nitrogens is 3. The number of nitrogens with zero attached hydrogens (tertiary/aromatic N) is 3. The summed E-state index contributed by atoms with van der Waals surface area (Å²) in [6.45, 7) is 12.5. The van der Waals surface area contributed by atoms with Gasteiger partial charge in [-0.2, -0.15) is 4.98 Å². The van der Waals surface area contributed by atoms with Crippen LogP contribution in [-0.4, -0.2) is 31.7 Å². The minimum absolute atomic E-state index is 0.146. The Morgan fingerprint density at radius 2 is 2.12 bits per heavy atom. The summed E-state index contributed by atoms with van der Waals surface area (Å²) in [7, 11) is 0. The van der Waals surface area contributed by atoms with Gasteiger partial charge in [0.15, 0.2) is 0 Å². The van der Waals surface area contributed by atoms with Gasteiger partial charge < -0.3 is 21.3 Å². The normalized spacial score (nSPS) is 20.9. The van der Waals surface area contributed by atoms with Gasteiger partial charge in [0.2, 0.25) is 11.9 Å². The minimum atomic E-state index is -0.481. The molecule has 0 aliphatic heterocycles. The number of anilines is 2. The third-order valence-electron chi connectivity index (χ3n) is 5.19.